The Kier molecular flexibility index (Phi) is 5.85. The van der Waals surface area contributed by atoms with Crippen LogP contribution in [-0.2, 0) is 23.2 Å². The SMILES string of the molecule is C1=CC2=[C]([Zr+2][C]3=C4C=CC=CC4c4ccccc43)c3ccccc3C2C=C1.[Cl-].[Cl-]. The first kappa shape index (κ1) is 20.6. The summed E-state index contributed by atoms with van der Waals surface area (Å²) in [6.07, 6.45) is 18.3. The average molecular weight is 493 g/mol. The molecule has 0 heterocycles. The van der Waals surface area contributed by atoms with E-state index in [1.165, 1.54) is 22.3 Å². The van der Waals surface area contributed by atoms with Gasteiger partial charge in [0.25, 0.3) is 0 Å². The van der Waals surface area contributed by atoms with Crippen LogP contribution >= 0.6 is 0 Å². The van der Waals surface area contributed by atoms with Crippen LogP contribution in [-0.4, -0.2) is 0 Å². The first-order valence-corrected chi connectivity index (χ1v) is 12.0. The molecule has 0 amide bonds. The zero-order valence-electron chi connectivity index (χ0n) is 15.6. The van der Waals surface area contributed by atoms with E-state index in [0.717, 1.165) is 0 Å². The summed E-state index contributed by atoms with van der Waals surface area (Å²) in [4.78, 5) is 0. The molecule has 2 atom stereocenters. The molecule has 0 aromatic heterocycles. The van der Waals surface area contributed by atoms with Gasteiger partial charge in [-0.15, -0.1) is 0 Å². The average Bonchev–Trinajstić information content (AvgIpc) is 3.23. The summed E-state index contributed by atoms with van der Waals surface area (Å²) in [5.74, 6) is 0.920. The van der Waals surface area contributed by atoms with Gasteiger partial charge in [0.1, 0.15) is 0 Å². The Balaban J connectivity index is 0.00000102. The summed E-state index contributed by atoms with van der Waals surface area (Å²) in [6.45, 7) is 0. The number of allylic oxidation sites excluding steroid dienone is 10. The molecule has 0 radical (unpaired) electrons. The molecule has 0 aliphatic heterocycles. The van der Waals surface area contributed by atoms with Gasteiger partial charge in [0.15, 0.2) is 0 Å². The second-order valence-corrected chi connectivity index (χ2v) is 10.5. The van der Waals surface area contributed by atoms with E-state index in [9.17, 15) is 0 Å². The fraction of sp³-hybridized carbons (Fsp3) is 0.0769. The third-order valence-corrected chi connectivity index (χ3v) is 9.98. The van der Waals surface area contributed by atoms with Gasteiger partial charge in [-0.25, -0.2) is 0 Å². The van der Waals surface area contributed by atoms with Gasteiger partial charge in [0, 0.05) is 0 Å². The standard InChI is InChI=1S/2C13H9.2ClH.Zr/c2*1-3-7-12-10(5-1)9-11-6-2-4-8-13(11)12;;;/h2*1-8,12H;2*1H;/q;;;;+2/p-2. The van der Waals surface area contributed by atoms with Crippen molar-refractivity contribution < 1.29 is 48.0 Å². The van der Waals surface area contributed by atoms with E-state index in [1.54, 1.807) is 17.7 Å². The molecule has 6 rings (SSSR count). The maximum Gasteiger partial charge on any atom is -1.00 e. The van der Waals surface area contributed by atoms with Gasteiger partial charge in [-0.3, -0.25) is 0 Å². The summed E-state index contributed by atoms with van der Waals surface area (Å²) in [6, 6.07) is 18.1. The monoisotopic (exact) mass is 490 g/mol. The predicted octanol–water partition coefficient (Wildman–Crippen LogP) is 0.346. The first-order chi connectivity index (χ1) is 13.4. The maximum atomic E-state index is 2.37. The van der Waals surface area contributed by atoms with Crippen molar-refractivity contribution in [3.8, 4) is 0 Å². The first-order valence-electron chi connectivity index (χ1n) is 9.55. The molecular formula is C26H18Cl2Zr. The van der Waals surface area contributed by atoms with Crippen LogP contribution in [0.5, 0.6) is 0 Å². The van der Waals surface area contributed by atoms with Crippen LogP contribution in [0, 0.1) is 0 Å². The van der Waals surface area contributed by atoms with Gasteiger partial charge in [-0.1, -0.05) is 0 Å². The van der Waals surface area contributed by atoms with E-state index >= 15 is 0 Å². The zero-order valence-corrected chi connectivity index (χ0v) is 19.6. The van der Waals surface area contributed by atoms with E-state index in [1.807, 2.05) is 0 Å². The van der Waals surface area contributed by atoms with Crippen molar-refractivity contribution in [1.29, 1.82) is 0 Å². The van der Waals surface area contributed by atoms with Crippen molar-refractivity contribution in [2.75, 3.05) is 0 Å². The number of benzene rings is 2. The second-order valence-electron chi connectivity index (χ2n) is 7.40. The van der Waals surface area contributed by atoms with Gasteiger partial charge in [0.05, 0.1) is 0 Å². The Morgan fingerprint density at radius 1 is 0.552 bits per heavy atom. The topological polar surface area (TPSA) is 0 Å². The van der Waals surface area contributed by atoms with Crippen molar-refractivity contribution in [2.24, 2.45) is 0 Å². The van der Waals surface area contributed by atoms with E-state index in [4.69, 9.17) is 0 Å². The Morgan fingerprint density at radius 2 is 1.00 bits per heavy atom. The van der Waals surface area contributed by atoms with Crippen LogP contribution in [0.2, 0.25) is 0 Å². The number of hydrogen-bond donors (Lipinski definition) is 0. The quantitative estimate of drug-likeness (QED) is 0.568. The molecule has 140 valence electrons. The zero-order chi connectivity index (χ0) is 17.8. The number of rotatable bonds is 2. The van der Waals surface area contributed by atoms with Crippen molar-refractivity contribution in [1.82, 2.24) is 0 Å². The minimum absolute atomic E-state index is 0. The Hall–Kier alpha value is -1.66. The number of fused-ring (bicyclic) bond motifs is 6. The van der Waals surface area contributed by atoms with E-state index in [0.29, 0.717) is 11.8 Å². The molecule has 0 spiro atoms. The summed E-state index contributed by atoms with van der Waals surface area (Å²) in [5.41, 5.74) is 9.10. The fourth-order valence-electron chi connectivity index (χ4n) is 4.81. The van der Waals surface area contributed by atoms with Gasteiger partial charge in [-0.05, 0) is 0 Å². The van der Waals surface area contributed by atoms with Crippen molar-refractivity contribution >= 4 is 6.56 Å². The third-order valence-electron chi connectivity index (χ3n) is 6.01. The van der Waals surface area contributed by atoms with E-state index < -0.39 is 23.2 Å². The van der Waals surface area contributed by atoms with Crippen LogP contribution in [0.15, 0.2) is 108 Å². The minimum atomic E-state index is -0.953. The number of halogens is 2. The van der Waals surface area contributed by atoms with Crippen LogP contribution in [0.25, 0.3) is 6.56 Å². The largest absolute Gasteiger partial charge is 1.00 e. The predicted molar refractivity (Wildman–Crippen MR) is 109 cm³/mol. The van der Waals surface area contributed by atoms with Crippen molar-refractivity contribution in [2.45, 2.75) is 11.8 Å². The van der Waals surface area contributed by atoms with Crippen LogP contribution < -0.4 is 24.8 Å². The summed E-state index contributed by atoms with van der Waals surface area (Å²) in [7, 11) is 0. The maximum absolute atomic E-state index is 2.37. The van der Waals surface area contributed by atoms with Crippen LogP contribution in [0.1, 0.15) is 34.1 Å². The van der Waals surface area contributed by atoms with Gasteiger partial charge in [0.2, 0.25) is 0 Å². The normalized spacial score (nSPS) is 21.7. The summed E-state index contributed by atoms with van der Waals surface area (Å²) in [5, 5.41) is 0. The van der Waals surface area contributed by atoms with E-state index in [-0.39, 0.29) is 24.8 Å². The van der Waals surface area contributed by atoms with Crippen molar-refractivity contribution in [3.63, 3.8) is 0 Å². The molecule has 0 bridgehead atoms. The molecule has 0 N–H and O–H groups in total. The molecule has 29 heavy (non-hydrogen) atoms. The molecule has 2 unspecified atom stereocenters. The van der Waals surface area contributed by atoms with Gasteiger partial charge >= 0.3 is 172 Å². The molecule has 0 nitrogen and oxygen atoms in total. The van der Waals surface area contributed by atoms with Gasteiger partial charge < -0.3 is 24.8 Å². The molecule has 3 heteroatoms. The molecule has 0 saturated heterocycles. The summed E-state index contributed by atoms with van der Waals surface area (Å²) < 4.78 is 3.33. The molecule has 4 aliphatic carbocycles. The molecule has 2 aromatic carbocycles. The van der Waals surface area contributed by atoms with Crippen LogP contribution in [0.4, 0.5) is 0 Å². The molecule has 0 fully saturated rings. The third kappa shape index (κ3) is 3.15. The molecule has 0 saturated carbocycles. The Bertz CT molecular complexity index is 1070. The minimum Gasteiger partial charge on any atom is -1.00 e. The summed E-state index contributed by atoms with van der Waals surface area (Å²) >= 11 is -0.953. The fourth-order valence-corrected chi connectivity index (χ4v) is 9.09. The smallest absolute Gasteiger partial charge is 1.00 e. The van der Waals surface area contributed by atoms with Crippen LogP contribution in [0.3, 0.4) is 0 Å². The molecule has 4 aliphatic rings. The Labute approximate surface area is 195 Å². The second kappa shape index (κ2) is 8.23. The number of hydrogen-bond acceptors (Lipinski definition) is 0. The Morgan fingerprint density at radius 3 is 1.48 bits per heavy atom. The van der Waals surface area contributed by atoms with E-state index in [2.05, 4.69) is 97.1 Å². The van der Waals surface area contributed by atoms with Gasteiger partial charge in [-0.2, -0.15) is 0 Å². The van der Waals surface area contributed by atoms with Crippen molar-refractivity contribution in [3.05, 3.63) is 131 Å². The molecular weight excluding hydrogens is 474 g/mol. The molecule has 2 aromatic rings.